The van der Waals surface area contributed by atoms with Gasteiger partial charge in [0.1, 0.15) is 6.61 Å². The zero-order valence-corrected chi connectivity index (χ0v) is 12.1. The van der Waals surface area contributed by atoms with Gasteiger partial charge in [-0.1, -0.05) is 19.0 Å². The first-order chi connectivity index (χ1) is 8.84. The molecule has 0 aliphatic carbocycles. The number of aliphatic hydroxyl groups is 1. The molecule has 1 aromatic rings. The molecule has 0 amide bonds. The van der Waals surface area contributed by atoms with E-state index in [4.69, 9.17) is 9.26 Å². The first-order valence-corrected chi connectivity index (χ1v) is 6.59. The van der Waals surface area contributed by atoms with Gasteiger partial charge in [0.05, 0.1) is 12.1 Å². The normalized spacial score (nSPS) is 27.6. The molecule has 1 fully saturated rings. The third-order valence-corrected chi connectivity index (χ3v) is 4.13. The number of hydrogen-bond acceptors (Lipinski definition) is 6. The van der Waals surface area contributed by atoms with Crippen LogP contribution in [0.15, 0.2) is 4.52 Å². The van der Waals surface area contributed by atoms with Gasteiger partial charge in [0.25, 0.3) is 0 Å². The summed E-state index contributed by atoms with van der Waals surface area (Å²) in [5.74, 6) is 1.17. The van der Waals surface area contributed by atoms with Gasteiger partial charge in [-0.2, -0.15) is 4.98 Å². The van der Waals surface area contributed by atoms with E-state index < -0.39 is 5.60 Å². The van der Waals surface area contributed by atoms with Gasteiger partial charge in [-0.15, -0.1) is 0 Å². The Morgan fingerprint density at radius 3 is 2.79 bits per heavy atom. The molecule has 6 nitrogen and oxygen atoms in total. The van der Waals surface area contributed by atoms with Crippen LogP contribution in [0.1, 0.15) is 38.9 Å². The van der Waals surface area contributed by atoms with E-state index >= 15 is 0 Å². The van der Waals surface area contributed by atoms with Crippen LogP contribution in [0.4, 0.5) is 0 Å². The van der Waals surface area contributed by atoms with Crippen LogP contribution in [0.25, 0.3) is 0 Å². The number of ether oxygens (including phenoxy) is 1. The van der Waals surface area contributed by atoms with Crippen LogP contribution in [-0.2, 0) is 17.9 Å². The van der Waals surface area contributed by atoms with E-state index in [9.17, 15) is 5.11 Å². The molecule has 1 aliphatic rings. The van der Waals surface area contributed by atoms with Crippen molar-refractivity contribution < 1.29 is 14.4 Å². The van der Waals surface area contributed by atoms with Crippen LogP contribution >= 0.6 is 0 Å². The van der Waals surface area contributed by atoms with E-state index in [1.54, 1.807) is 7.11 Å². The Balaban J connectivity index is 1.97. The molecule has 1 aromatic heterocycles. The summed E-state index contributed by atoms with van der Waals surface area (Å²) < 4.78 is 10.2. The van der Waals surface area contributed by atoms with E-state index in [1.807, 2.05) is 6.92 Å². The first-order valence-electron chi connectivity index (χ1n) is 6.59. The average Bonchev–Trinajstić information content (AvgIpc) is 2.72. The monoisotopic (exact) mass is 269 g/mol. The Labute approximate surface area is 113 Å². The van der Waals surface area contributed by atoms with Gasteiger partial charge < -0.3 is 14.4 Å². The van der Waals surface area contributed by atoms with Crippen molar-refractivity contribution in [2.75, 3.05) is 20.2 Å². The Morgan fingerprint density at radius 1 is 1.42 bits per heavy atom. The summed E-state index contributed by atoms with van der Waals surface area (Å²) in [6.07, 6.45) is 0.749. The smallest absolute Gasteiger partial charge is 0.240 e. The lowest BCUT2D eigenvalue weighted by molar-refractivity contribution is -0.108. The molecule has 0 unspecified atom stereocenters. The van der Waals surface area contributed by atoms with Crippen molar-refractivity contribution in [3.63, 3.8) is 0 Å². The highest BCUT2D eigenvalue weighted by atomic mass is 16.5. The van der Waals surface area contributed by atoms with Crippen LogP contribution in [-0.4, -0.2) is 45.9 Å². The highest BCUT2D eigenvalue weighted by molar-refractivity contribution is 4.97. The largest absolute Gasteiger partial charge is 0.390 e. The van der Waals surface area contributed by atoms with Gasteiger partial charge in [-0.25, -0.2) is 0 Å². The second-order valence-electron chi connectivity index (χ2n) is 6.16. The highest BCUT2D eigenvalue weighted by Crippen LogP contribution is 2.38. The molecule has 0 aromatic carbocycles. The fourth-order valence-electron chi connectivity index (χ4n) is 2.39. The molecular formula is C13H23N3O3. The summed E-state index contributed by atoms with van der Waals surface area (Å²) in [4.78, 5) is 6.51. The van der Waals surface area contributed by atoms with Gasteiger partial charge in [0.15, 0.2) is 5.82 Å². The van der Waals surface area contributed by atoms with E-state index in [0.717, 1.165) is 19.5 Å². The molecule has 0 radical (unpaired) electrons. The number of likely N-dealkylation sites (tertiary alicyclic amines) is 1. The minimum Gasteiger partial charge on any atom is -0.390 e. The number of piperidine rings is 1. The summed E-state index contributed by atoms with van der Waals surface area (Å²) in [5, 5.41) is 14.2. The van der Waals surface area contributed by atoms with E-state index in [0.29, 0.717) is 24.9 Å². The number of methoxy groups -OCH3 is 1. The van der Waals surface area contributed by atoms with Crippen molar-refractivity contribution in [1.29, 1.82) is 0 Å². The van der Waals surface area contributed by atoms with Crippen LogP contribution in [0, 0.1) is 5.41 Å². The number of rotatable bonds is 4. The topological polar surface area (TPSA) is 71.6 Å². The van der Waals surface area contributed by atoms with Crippen molar-refractivity contribution >= 4 is 0 Å². The lowest BCUT2D eigenvalue weighted by Gasteiger charge is -2.48. The van der Waals surface area contributed by atoms with Crippen LogP contribution in [0.3, 0.4) is 0 Å². The lowest BCUT2D eigenvalue weighted by atomic mass is 9.71. The fourth-order valence-corrected chi connectivity index (χ4v) is 2.39. The van der Waals surface area contributed by atoms with Crippen molar-refractivity contribution in [3.05, 3.63) is 11.7 Å². The predicted molar refractivity (Wildman–Crippen MR) is 69.3 cm³/mol. The second-order valence-corrected chi connectivity index (χ2v) is 6.16. The summed E-state index contributed by atoms with van der Waals surface area (Å²) in [7, 11) is 1.60. The Bertz CT molecular complexity index is 429. The molecule has 0 saturated carbocycles. The molecule has 1 atom stereocenters. The first kappa shape index (κ1) is 14.4. The van der Waals surface area contributed by atoms with Gasteiger partial charge >= 0.3 is 0 Å². The summed E-state index contributed by atoms with van der Waals surface area (Å²) in [6.45, 7) is 8.71. The van der Waals surface area contributed by atoms with Crippen molar-refractivity contribution in [1.82, 2.24) is 15.0 Å². The van der Waals surface area contributed by atoms with E-state index in [-0.39, 0.29) is 5.41 Å². The molecule has 2 heterocycles. The zero-order valence-electron chi connectivity index (χ0n) is 12.1. The summed E-state index contributed by atoms with van der Waals surface area (Å²) in [6, 6.07) is 0. The van der Waals surface area contributed by atoms with Gasteiger partial charge in [0, 0.05) is 25.6 Å². The molecule has 6 heteroatoms. The third-order valence-electron chi connectivity index (χ3n) is 4.13. The average molecular weight is 269 g/mol. The van der Waals surface area contributed by atoms with E-state index in [2.05, 4.69) is 28.9 Å². The molecule has 108 valence electrons. The molecule has 0 spiro atoms. The molecule has 1 N–H and O–H groups in total. The quantitative estimate of drug-likeness (QED) is 0.885. The SMILES string of the molecule is COCc1noc(CN2CC[C@@](C)(O)C(C)(C)C2)n1. The van der Waals surface area contributed by atoms with Crippen molar-refractivity contribution in [2.24, 2.45) is 5.41 Å². The van der Waals surface area contributed by atoms with Gasteiger partial charge in [-0.3, -0.25) is 4.90 Å². The van der Waals surface area contributed by atoms with Gasteiger partial charge in [0.2, 0.25) is 5.89 Å². The molecule has 1 saturated heterocycles. The Morgan fingerprint density at radius 2 is 2.16 bits per heavy atom. The number of hydrogen-bond donors (Lipinski definition) is 1. The third kappa shape index (κ3) is 3.13. The maximum atomic E-state index is 10.4. The summed E-state index contributed by atoms with van der Waals surface area (Å²) in [5.41, 5.74) is -0.778. The minimum absolute atomic E-state index is 0.152. The van der Waals surface area contributed by atoms with Crippen LogP contribution in [0.2, 0.25) is 0 Å². The Kier molecular flexibility index (Phi) is 3.94. The van der Waals surface area contributed by atoms with Crippen molar-refractivity contribution in [3.8, 4) is 0 Å². The predicted octanol–water partition coefficient (Wildman–Crippen LogP) is 1.20. The summed E-state index contributed by atoms with van der Waals surface area (Å²) >= 11 is 0. The fraction of sp³-hybridized carbons (Fsp3) is 0.846. The standard InChI is InChI=1S/C13H23N3O3/c1-12(2)9-16(6-5-13(12,3)17)7-11-14-10(8-18-4)15-19-11/h17H,5-9H2,1-4H3/t13-/m1/s1. The number of aromatic nitrogens is 2. The highest BCUT2D eigenvalue weighted by Gasteiger charge is 2.44. The van der Waals surface area contributed by atoms with Gasteiger partial charge in [-0.05, 0) is 13.3 Å². The second kappa shape index (κ2) is 5.19. The molecule has 1 aliphatic heterocycles. The van der Waals surface area contributed by atoms with Crippen molar-refractivity contribution in [2.45, 2.75) is 45.9 Å². The number of nitrogens with zero attached hydrogens (tertiary/aromatic N) is 3. The Hall–Kier alpha value is -0.980. The minimum atomic E-state index is -0.625. The lowest BCUT2D eigenvalue weighted by Crippen LogP contribution is -2.55. The molecule has 2 rings (SSSR count). The molecule has 0 bridgehead atoms. The van der Waals surface area contributed by atoms with Crippen LogP contribution in [0.5, 0.6) is 0 Å². The van der Waals surface area contributed by atoms with Crippen LogP contribution < -0.4 is 0 Å². The van der Waals surface area contributed by atoms with E-state index in [1.165, 1.54) is 0 Å². The molecule has 19 heavy (non-hydrogen) atoms. The molecular weight excluding hydrogens is 246 g/mol. The maximum Gasteiger partial charge on any atom is 0.240 e. The zero-order chi connectivity index (χ0) is 14.1. The maximum absolute atomic E-state index is 10.4.